The molecule has 1 heterocycles. The summed E-state index contributed by atoms with van der Waals surface area (Å²) in [6.07, 6.45) is 0. The average molecular weight is 272 g/mol. The van der Waals surface area contributed by atoms with Crippen LogP contribution in [0.3, 0.4) is 0 Å². The zero-order valence-electron chi connectivity index (χ0n) is 10.9. The van der Waals surface area contributed by atoms with Crippen molar-refractivity contribution in [2.75, 3.05) is 13.7 Å². The molecule has 0 saturated heterocycles. The lowest BCUT2D eigenvalue weighted by atomic mass is 9.92. The van der Waals surface area contributed by atoms with Crippen molar-refractivity contribution >= 4 is 5.78 Å². The van der Waals surface area contributed by atoms with Gasteiger partial charge in [0.2, 0.25) is 0 Å². The van der Waals surface area contributed by atoms with E-state index in [0.29, 0.717) is 12.2 Å². The van der Waals surface area contributed by atoms with Gasteiger partial charge in [-0.3, -0.25) is 4.79 Å². The summed E-state index contributed by atoms with van der Waals surface area (Å²) in [5, 5.41) is 0. The fraction of sp³-hybridized carbons (Fsp3) is 0.188. The van der Waals surface area contributed by atoms with Crippen LogP contribution in [0.2, 0.25) is 0 Å². The quantitative estimate of drug-likeness (QED) is 0.805. The Balaban J connectivity index is 1.93. The molecule has 4 heteroatoms. The van der Waals surface area contributed by atoms with Crippen molar-refractivity contribution in [2.45, 2.75) is 5.92 Å². The molecule has 20 heavy (non-hydrogen) atoms. The topological polar surface area (TPSA) is 35.5 Å². The Kier molecular flexibility index (Phi) is 3.14. The molecule has 2 aromatic carbocycles. The lowest BCUT2D eigenvalue weighted by molar-refractivity contribution is 0.0947. The lowest BCUT2D eigenvalue weighted by Gasteiger charge is -2.09. The van der Waals surface area contributed by atoms with Crippen molar-refractivity contribution < 1.29 is 18.7 Å². The Hall–Kier alpha value is -2.36. The van der Waals surface area contributed by atoms with Gasteiger partial charge in [-0.25, -0.2) is 4.39 Å². The number of hydrogen-bond acceptors (Lipinski definition) is 3. The summed E-state index contributed by atoms with van der Waals surface area (Å²) < 4.78 is 24.0. The van der Waals surface area contributed by atoms with Crippen LogP contribution in [0, 0.1) is 5.82 Å². The number of halogens is 1. The molecule has 0 amide bonds. The summed E-state index contributed by atoms with van der Waals surface area (Å²) in [6, 6.07) is 11.7. The number of ether oxygens (including phenoxy) is 2. The molecule has 0 aromatic heterocycles. The van der Waals surface area contributed by atoms with E-state index in [1.165, 1.54) is 19.2 Å². The van der Waals surface area contributed by atoms with Gasteiger partial charge in [0.05, 0.1) is 13.0 Å². The molecular formula is C16H13FO3. The van der Waals surface area contributed by atoms with E-state index in [4.69, 9.17) is 9.47 Å². The summed E-state index contributed by atoms with van der Waals surface area (Å²) >= 11 is 0. The van der Waals surface area contributed by atoms with Gasteiger partial charge in [0.1, 0.15) is 12.4 Å². The summed E-state index contributed by atoms with van der Waals surface area (Å²) in [5.74, 6) is -0.203. The summed E-state index contributed by atoms with van der Waals surface area (Å²) in [4.78, 5) is 12.5. The summed E-state index contributed by atoms with van der Waals surface area (Å²) in [5.41, 5.74) is 1.18. The zero-order chi connectivity index (χ0) is 14.1. The number of carbonyl (C=O) groups is 1. The standard InChI is InChI=1S/C16H13FO3/c1-19-15-7-6-10(8-13(15)17)16(18)12-9-20-14-5-3-2-4-11(12)14/h2-8,12H,9H2,1H3. The Labute approximate surface area is 115 Å². The van der Waals surface area contributed by atoms with Crippen LogP contribution in [0.15, 0.2) is 42.5 Å². The minimum Gasteiger partial charge on any atom is -0.494 e. The first-order valence-electron chi connectivity index (χ1n) is 6.30. The first-order valence-corrected chi connectivity index (χ1v) is 6.30. The highest BCUT2D eigenvalue weighted by atomic mass is 19.1. The van der Waals surface area contributed by atoms with Gasteiger partial charge in [0.25, 0.3) is 0 Å². The van der Waals surface area contributed by atoms with Gasteiger partial charge in [0.15, 0.2) is 17.3 Å². The van der Waals surface area contributed by atoms with Crippen LogP contribution in [0.4, 0.5) is 4.39 Å². The molecule has 1 aliphatic heterocycles. The molecule has 0 bridgehead atoms. The van der Waals surface area contributed by atoms with Crippen LogP contribution >= 0.6 is 0 Å². The molecule has 2 aromatic rings. The van der Waals surface area contributed by atoms with E-state index in [2.05, 4.69) is 0 Å². The molecule has 0 spiro atoms. The zero-order valence-corrected chi connectivity index (χ0v) is 10.9. The molecule has 0 fully saturated rings. The first-order chi connectivity index (χ1) is 9.70. The van der Waals surface area contributed by atoms with E-state index in [0.717, 1.165) is 11.3 Å². The molecule has 102 valence electrons. The summed E-state index contributed by atoms with van der Waals surface area (Å²) in [7, 11) is 1.39. The lowest BCUT2D eigenvalue weighted by Crippen LogP contribution is -2.14. The first kappa shape index (κ1) is 12.7. The van der Waals surface area contributed by atoms with Gasteiger partial charge in [-0.1, -0.05) is 18.2 Å². The number of ketones is 1. The molecular weight excluding hydrogens is 259 g/mol. The van der Waals surface area contributed by atoms with Gasteiger partial charge >= 0.3 is 0 Å². The predicted molar refractivity (Wildman–Crippen MR) is 72.0 cm³/mol. The van der Waals surface area contributed by atoms with E-state index in [-0.39, 0.29) is 17.5 Å². The second-order valence-corrected chi connectivity index (χ2v) is 4.61. The fourth-order valence-corrected chi connectivity index (χ4v) is 2.40. The molecule has 3 rings (SSSR count). The molecule has 0 saturated carbocycles. The molecule has 0 radical (unpaired) electrons. The van der Waals surface area contributed by atoms with E-state index in [1.807, 2.05) is 24.3 Å². The minimum atomic E-state index is -0.537. The normalized spacial score (nSPS) is 16.4. The van der Waals surface area contributed by atoms with Crippen molar-refractivity contribution in [2.24, 2.45) is 0 Å². The summed E-state index contributed by atoms with van der Waals surface area (Å²) in [6.45, 7) is 0.297. The number of Topliss-reactive ketones (excluding diaryl/α,β-unsaturated/α-hetero) is 1. The van der Waals surface area contributed by atoms with Gasteiger partial charge in [-0.15, -0.1) is 0 Å². The maximum Gasteiger partial charge on any atom is 0.173 e. The van der Waals surface area contributed by atoms with E-state index in [9.17, 15) is 9.18 Å². The molecule has 0 N–H and O–H groups in total. The Morgan fingerprint density at radius 1 is 1.30 bits per heavy atom. The molecule has 0 aliphatic carbocycles. The highest BCUT2D eigenvalue weighted by molar-refractivity contribution is 6.02. The van der Waals surface area contributed by atoms with Crippen molar-refractivity contribution in [1.82, 2.24) is 0 Å². The van der Waals surface area contributed by atoms with Crippen LogP contribution in [-0.4, -0.2) is 19.5 Å². The van der Waals surface area contributed by atoms with Crippen molar-refractivity contribution in [3.8, 4) is 11.5 Å². The third-order valence-electron chi connectivity index (χ3n) is 3.45. The van der Waals surface area contributed by atoms with Crippen LogP contribution in [0.25, 0.3) is 0 Å². The van der Waals surface area contributed by atoms with Crippen molar-refractivity contribution in [3.05, 3.63) is 59.4 Å². The number of hydrogen-bond donors (Lipinski definition) is 0. The van der Waals surface area contributed by atoms with E-state index < -0.39 is 5.82 Å². The highest BCUT2D eigenvalue weighted by Gasteiger charge is 2.30. The second kappa shape index (κ2) is 4.96. The van der Waals surface area contributed by atoms with E-state index >= 15 is 0 Å². The highest BCUT2D eigenvalue weighted by Crippen LogP contribution is 2.35. The number of para-hydroxylation sites is 1. The van der Waals surface area contributed by atoms with Crippen molar-refractivity contribution in [3.63, 3.8) is 0 Å². The van der Waals surface area contributed by atoms with Gasteiger partial charge < -0.3 is 9.47 Å². The predicted octanol–water partition coefficient (Wildman–Crippen LogP) is 3.19. The second-order valence-electron chi connectivity index (χ2n) is 4.61. The van der Waals surface area contributed by atoms with Crippen LogP contribution < -0.4 is 9.47 Å². The number of methoxy groups -OCH3 is 1. The van der Waals surface area contributed by atoms with Crippen LogP contribution in [-0.2, 0) is 0 Å². The number of carbonyl (C=O) groups excluding carboxylic acids is 1. The largest absolute Gasteiger partial charge is 0.494 e. The maximum absolute atomic E-state index is 13.7. The number of rotatable bonds is 3. The molecule has 1 unspecified atom stereocenters. The van der Waals surface area contributed by atoms with E-state index in [1.54, 1.807) is 6.07 Å². The Bertz CT molecular complexity index is 667. The Morgan fingerprint density at radius 2 is 2.10 bits per heavy atom. The molecule has 1 atom stereocenters. The van der Waals surface area contributed by atoms with Crippen molar-refractivity contribution in [1.29, 1.82) is 0 Å². The third-order valence-corrected chi connectivity index (χ3v) is 3.45. The van der Waals surface area contributed by atoms with Crippen LogP contribution in [0.1, 0.15) is 21.8 Å². The van der Waals surface area contributed by atoms with Gasteiger partial charge in [-0.05, 0) is 24.3 Å². The average Bonchev–Trinajstić information content (AvgIpc) is 2.90. The van der Waals surface area contributed by atoms with Crippen LogP contribution in [0.5, 0.6) is 11.5 Å². The fourth-order valence-electron chi connectivity index (χ4n) is 2.40. The van der Waals surface area contributed by atoms with Gasteiger partial charge in [-0.2, -0.15) is 0 Å². The molecule has 3 nitrogen and oxygen atoms in total. The third kappa shape index (κ3) is 2.03. The van der Waals surface area contributed by atoms with Gasteiger partial charge in [0, 0.05) is 11.1 Å². The molecule has 1 aliphatic rings. The number of fused-ring (bicyclic) bond motifs is 1. The number of benzene rings is 2. The monoisotopic (exact) mass is 272 g/mol. The minimum absolute atomic E-state index is 0.129. The smallest absolute Gasteiger partial charge is 0.173 e. The SMILES string of the molecule is COc1ccc(C(=O)C2COc3ccccc32)cc1F. The Morgan fingerprint density at radius 3 is 2.85 bits per heavy atom. The maximum atomic E-state index is 13.7.